The van der Waals surface area contributed by atoms with Crippen molar-refractivity contribution in [1.29, 1.82) is 0 Å². The SMILES string of the molecule is CCC1=CC(Br)CC(C)/C1=C1\C(=O)C2(CCC(OC)CC2)N=C1OC(=O)C(C)(C)C. The smallest absolute Gasteiger partial charge is 0.317 e. The lowest BCUT2D eigenvalue weighted by Gasteiger charge is -2.33. The third-order valence-electron chi connectivity index (χ3n) is 6.52. The van der Waals surface area contributed by atoms with Gasteiger partial charge in [-0.05, 0) is 76.4 Å². The molecule has 5 nitrogen and oxygen atoms in total. The molecule has 0 radical (unpaired) electrons. The van der Waals surface area contributed by atoms with Crippen molar-refractivity contribution in [2.45, 2.75) is 89.6 Å². The Morgan fingerprint density at radius 2 is 1.93 bits per heavy atom. The molecule has 3 aliphatic rings. The Labute approximate surface area is 188 Å². The lowest BCUT2D eigenvalue weighted by molar-refractivity contribution is -0.144. The molecule has 2 aliphatic carbocycles. The van der Waals surface area contributed by atoms with Crippen molar-refractivity contribution >= 4 is 33.6 Å². The summed E-state index contributed by atoms with van der Waals surface area (Å²) in [6.45, 7) is 9.68. The van der Waals surface area contributed by atoms with E-state index in [1.807, 2.05) is 20.8 Å². The number of nitrogens with zero attached hydrogens (tertiary/aromatic N) is 1. The number of methoxy groups -OCH3 is 1. The first-order valence-electron chi connectivity index (χ1n) is 11.0. The van der Waals surface area contributed by atoms with Gasteiger partial charge < -0.3 is 9.47 Å². The molecule has 30 heavy (non-hydrogen) atoms. The number of Topliss-reactive ketones (excluding diaryl/α,β-unsaturated/α-hetero) is 1. The normalized spacial score (nSPS) is 34.8. The van der Waals surface area contributed by atoms with Gasteiger partial charge >= 0.3 is 5.97 Å². The first kappa shape index (κ1) is 23.4. The molecule has 3 rings (SSSR count). The minimum Gasteiger partial charge on any atom is -0.407 e. The van der Waals surface area contributed by atoms with Crippen LogP contribution in [0.3, 0.4) is 0 Å². The number of carbonyl (C=O) groups is 2. The Bertz CT molecular complexity index is 810. The van der Waals surface area contributed by atoms with Crippen LogP contribution in [0.2, 0.25) is 0 Å². The molecule has 1 fully saturated rings. The third kappa shape index (κ3) is 4.36. The molecule has 1 saturated carbocycles. The average Bonchev–Trinajstić information content (AvgIpc) is 2.92. The Balaban J connectivity index is 2.10. The van der Waals surface area contributed by atoms with Crippen LogP contribution in [0.15, 0.2) is 27.8 Å². The Hall–Kier alpha value is -1.27. The number of rotatable bonds is 2. The summed E-state index contributed by atoms with van der Waals surface area (Å²) in [6, 6.07) is 0. The number of hydrogen-bond donors (Lipinski definition) is 0. The first-order chi connectivity index (χ1) is 14.0. The van der Waals surface area contributed by atoms with E-state index in [0.29, 0.717) is 18.4 Å². The summed E-state index contributed by atoms with van der Waals surface area (Å²) < 4.78 is 11.3. The molecule has 6 heteroatoms. The predicted molar refractivity (Wildman–Crippen MR) is 122 cm³/mol. The van der Waals surface area contributed by atoms with E-state index in [-0.39, 0.29) is 34.5 Å². The van der Waals surface area contributed by atoms with Gasteiger partial charge in [0.25, 0.3) is 0 Å². The molecule has 0 aromatic heterocycles. The minimum absolute atomic E-state index is 0.0167. The predicted octanol–water partition coefficient (Wildman–Crippen LogP) is 5.32. The molecule has 0 saturated heterocycles. The van der Waals surface area contributed by atoms with Crippen LogP contribution in [0, 0.1) is 11.3 Å². The van der Waals surface area contributed by atoms with Gasteiger partial charge in [0.15, 0.2) is 5.78 Å². The molecule has 0 aromatic rings. The van der Waals surface area contributed by atoms with E-state index in [1.54, 1.807) is 7.11 Å². The Kier molecular flexibility index (Phi) is 6.78. The Morgan fingerprint density at radius 1 is 1.30 bits per heavy atom. The zero-order valence-corrected chi connectivity index (χ0v) is 20.6. The van der Waals surface area contributed by atoms with Gasteiger partial charge in [0.2, 0.25) is 5.90 Å². The highest BCUT2D eigenvalue weighted by Gasteiger charge is 2.51. The number of esters is 1. The van der Waals surface area contributed by atoms with Crippen molar-refractivity contribution in [3.63, 3.8) is 0 Å². The number of allylic oxidation sites excluding steroid dienone is 3. The number of aliphatic imine (C=N–C) groups is 1. The van der Waals surface area contributed by atoms with E-state index in [4.69, 9.17) is 14.5 Å². The van der Waals surface area contributed by atoms with Crippen molar-refractivity contribution in [3.05, 3.63) is 22.8 Å². The van der Waals surface area contributed by atoms with Crippen molar-refractivity contribution in [2.75, 3.05) is 7.11 Å². The van der Waals surface area contributed by atoms with Crippen LogP contribution in [-0.2, 0) is 19.1 Å². The number of ketones is 1. The van der Waals surface area contributed by atoms with E-state index < -0.39 is 11.0 Å². The van der Waals surface area contributed by atoms with Gasteiger partial charge in [-0.15, -0.1) is 0 Å². The van der Waals surface area contributed by atoms with Gasteiger partial charge in [-0.2, -0.15) is 0 Å². The topological polar surface area (TPSA) is 65.0 Å². The maximum absolute atomic E-state index is 13.9. The molecule has 0 aromatic carbocycles. The van der Waals surface area contributed by atoms with E-state index in [1.165, 1.54) is 0 Å². The average molecular weight is 480 g/mol. The molecule has 166 valence electrons. The summed E-state index contributed by atoms with van der Waals surface area (Å²) >= 11 is 3.71. The lowest BCUT2D eigenvalue weighted by atomic mass is 9.74. The van der Waals surface area contributed by atoms with Gasteiger partial charge in [-0.1, -0.05) is 35.9 Å². The molecule has 0 amide bonds. The first-order valence-corrected chi connectivity index (χ1v) is 11.9. The minimum atomic E-state index is -0.825. The highest BCUT2D eigenvalue weighted by molar-refractivity contribution is 9.09. The standard InChI is InChI=1S/C24H34BrNO4/c1-7-15-13-16(25)12-14(2)18(15)19-20(27)24(10-8-17(29-6)9-11-24)26-21(19)30-22(28)23(3,4)5/h13-14,16-17H,7-12H2,1-6H3/b19-18-. The summed E-state index contributed by atoms with van der Waals surface area (Å²) in [5.74, 6) is 0.0592. The molecule has 1 spiro atoms. The van der Waals surface area contributed by atoms with Gasteiger partial charge in [0.05, 0.1) is 17.1 Å². The maximum Gasteiger partial charge on any atom is 0.317 e. The molecule has 0 bridgehead atoms. The van der Waals surface area contributed by atoms with Crippen LogP contribution in [0.5, 0.6) is 0 Å². The molecule has 1 aliphatic heterocycles. The van der Waals surface area contributed by atoms with E-state index in [9.17, 15) is 9.59 Å². The van der Waals surface area contributed by atoms with Crippen molar-refractivity contribution < 1.29 is 19.1 Å². The van der Waals surface area contributed by atoms with Crippen LogP contribution in [0.25, 0.3) is 0 Å². The summed E-state index contributed by atoms with van der Waals surface area (Å²) in [7, 11) is 1.71. The molecular formula is C24H34BrNO4. The second-order valence-electron chi connectivity index (χ2n) is 9.84. The van der Waals surface area contributed by atoms with Crippen LogP contribution < -0.4 is 0 Å². The van der Waals surface area contributed by atoms with E-state index >= 15 is 0 Å². The fraction of sp³-hybridized carbons (Fsp3) is 0.708. The molecule has 1 heterocycles. The Morgan fingerprint density at radius 3 is 2.47 bits per heavy atom. The van der Waals surface area contributed by atoms with E-state index in [0.717, 1.165) is 36.8 Å². The highest BCUT2D eigenvalue weighted by Crippen LogP contribution is 2.45. The number of halogens is 1. The number of carbonyl (C=O) groups excluding carboxylic acids is 2. The van der Waals surface area contributed by atoms with Crippen LogP contribution >= 0.6 is 15.9 Å². The van der Waals surface area contributed by atoms with Crippen LogP contribution in [0.4, 0.5) is 0 Å². The van der Waals surface area contributed by atoms with Crippen LogP contribution in [0.1, 0.15) is 73.1 Å². The summed E-state index contributed by atoms with van der Waals surface area (Å²) in [4.78, 5) is 31.7. The fourth-order valence-corrected chi connectivity index (χ4v) is 5.57. The number of hydrogen-bond acceptors (Lipinski definition) is 5. The quantitative estimate of drug-likeness (QED) is 0.305. The number of alkyl halides is 1. The molecule has 2 atom stereocenters. The molecule has 0 N–H and O–H groups in total. The third-order valence-corrected chi connectivity index (χ3v) is 7.16. The zero-order chi connectivity index (χ0) is 22.3. The van der Waals surface area contributed by atoms with Gasteiger partial charge in [-0.25, -0.2) is 4.99 Å². The summed E-state index contributed by atoms with van der Waals surface area (Å²) in [5.41, 5.74) is 1.18. The molecular weight excluding hydrogens is 446 g/mol. The molecule has 2 unspecified atom stereocenters. The van der Waals surface area contributed by atoms with Gasteiger partial charge in [-0.3, -0.25) is 9.59 Å². The maximum atomic E-state index is 13.9. The fourth-order valence-electron chi connectivity index (χ4n) is 4.69. The van der Waals surface area contributed by atoms with Crippen molar-refractivity contribution in [2.24, 2.45) is 16.3 Å². The van der Waals surface area contributed by atoms with Gasteiger partial charge in [0, 0.05) is 11.9 Å². The van der Waals surface area contributed by atoms with Crippen molar-refractivity contribution in [3.8, 4) is 0 Å². The summed E-state index contributed by atoms with van der Waals surface area (Å²) in [6.07, 6.45) is 6.87. The second kappa shape index (κ2) is 8.70. The monoisotopic (exact) mass is 479 g/mol. The largest absolute Gasteiger partial charge is 0.407 e. The highest BCUT2D eigenvalue weighted by atomic mass is 79.9. The second-order valence-corrected chi connectivity index (χ2v) is 11.0. The van der Waals surface area contributed by atoms with Gasteiger partial charge in [0.1, 0.15) is 5.54 Å². The van der Waals surface area contributed by atoms with Crippen molar-refractivity contribution in [1.82, 2.24) is 0 Å². The summed E-state index contributed by atoms with van der Waals surface area (Å²) in [5, 5.41) is 0. The van der Waals surface area contributed by atoms with E-state index in [2.05, 4.69) is 35.9 Å². The number of ether oxygens (including phenoxy) is 2. The lowest BCUT2D eigenvalue weighted by Crippen LogP contribution is -2.40. The van der Waals surface area contributed by atoms with Crippen LogP contribution in [-0.4, -0.2) is 41.2 Å². The zero-order valence-electron chi connectivity index (χ0n) is 19.0.